The lowest BCUT2D eigenvalue weighted by Crippen LogP contribution is -2.35. The van der Waals surface area contributed by atoms with Crippen molar-refractivity contribution in [3.8, 4) is 16.9 Å². The van der Waals surface area contributed by atoms with Crippen LogP contribution < -0.4 is 15.4 Å². The van der Waals surface area contributed by atoms with Crippen molar-refractivity contribution in [2.75, 3.05) is 10.6 Å². The number of carboxylic acids is 1. The Morgan fingerprint density at radius 3 is 2.76 bits per heavy atom. The summed E-state index contributed by atoms with van der Waals surface area (Å²) < 4.78 is 5.56. The lowest BCUT2D eigenvalue weighted by Gasteiger charge is -2.12. The maximum absolute atomic E-state index is 12.6. The van der Waals surface area contributed by atoms with E-state index in [1.165, 1.54) is 6.07 Å². The molecule has 1 unspecified atom stereocenters. The number of carbonyl (C=O) groups is 2. The Morgan fingerprint density at radius 1 is 1.24 bits per heavy atom. The van der Waals surface area contributed by atoms with E-state index in [1.54, 1.807) is 42.6 Å². The predicted molar refractivity (Wildman–Crippen MR) is 110 cm³/mol. The summed E-state index contributed by atoms with van der Waals surface area (Å²) in [6.07, 6.45) is -0.968. The molecular formula is C20H15N3O5S. The van der Waals surface area contributed by atoms with Crippen LogP contribution in [0, 0.1) is 11.8 Å². The van der Waals surface area contributed by atoms with E-state index < -0.39 is 18.1 Å². The van der Waals surface area contributed by atoms with Crippen LogP contribution in [-0.4, -0.2) is 23.2 Å². The lowest BCUT2D eigenvalue weighted by atomic mass is 10.0. The zero-order valence-corrected chi connectivity index (χ0v) is 15.9. The molecule has 1 aromatic heterocycles. The Labute approximate surface area is 169 Å². The van der Waals surface area contributed by atoms with Gasteiger partial charge in [0, 0.05) is 10.9 Å². The summed E-state index contributed by atoms with van der Waals surface area (Å²) in [6.45, 7) is 1.74. The van der Waals surface area contributed by atoms with Gasteiger partial charge in [0.2, 0.25) is 6.23 Å². The molecule has 9 heteroatoms. The van der Waals surface area contributed by atoms with Crippen LogP contribution in [-0.2, 0) is 4.79 Å². The monoisotopic (exact) mass is 409 g/mol. The van der Waals surface area contributed by atoms with Crippen LogP contribution in [0.15, 0.2) is 53.0 Å². The van der Waals surface area contributed by atoms with Crippen molar-refractivity contribution in [2.24, 2.45) is 5.18 Å². The molecule has 2 heterocycles. The van der Waals surface area contributed by atoms with Crippen molar-refractivity contribution in [1.29, 1.82) is 0 Å². The van der Waals surface area contributed by atoms with Crippen LogP contribution in [0.3, 0.4) is 0 Å². The first-order valence-electron chi connectivity index (χ1n) is 8.60. The number of carbonyl (C=O) groups excluding carboxylic acids is 1. The van der Waals surface area contributed by atoms with Crippen LogP contribution in [0.1, 0.15) is 15.9 Å². The number of hydrogen-bond acceptors (Lipinski definition) is 7. The molecule has 1 amide bonds. The van der Waals surface area contributed by atoms with Gasteiger partial charge >= 0.3 is 5.97 Å². The van der Waals surface area contributed by atoms with Gasteiger partial charge in [0.05, 0.1) is 5.69 Å². The van der Waals surface area contributed by atoms with Gasteiger partial charge in [0.25, 0.3) is 5.91 Å². The first-order chi connectivity index (χ1) is 14.0. The van der Waals surface area contributed by atoms with Crippen LogP contribution in [0.25, 0.3) is 11.1 Å². The van der Waals surface area contributed by atoms with Gasteiger partial charge < -0.3 is 20.5 Å². The second-order valence-corrected chi connectivity index (χ2v) is 7.26. The lowest BCUT2D eigenvalue weighted by molar-refractivity contribution is -0.121. The van der Waals surface area contributed by atoms with E-state index in [4.69, 9.17) is 4.74 Å². The Hall–Kier alpha value is -3.72. The minimum atomic E-state index is -1.19. The van der Waals surface area contributed by atoms with Crippen LogP contribution in [0.4, 0.5) is 16.4 Å². The second-order valence-electron chi connectivity index (χ2n) is 6.38. The molecule has 146 valence electrons. The molecule has 0 saturated heterocycles. The molecule has 3 N–H and O–H groups in total. The smallest absolute Gasteiger partial charge is 0.339 e. The first-order valence-corrected chi connectivity index (χ1v) is 9.48. The van der Waals surface area contributed by atoms with Crippen molar-refractivity contribution in [3.05, 3.63) is 63.9 Å². The van der Waals surface area contributed by atoms with Crippen molar-refractivity contribution in [2.45, 2.75) is 13.2 Å². The Kier molecular flexibility index (Phi) is 4.73. The molecule has 29 heavy (non-hydrogen) atoms. The molecule has 1 atom stereocenters. The number of amides is 1. The van der Waals surface area contributed by atoms with Crippen LogP contribution in [0.2, 0.25) is 0 Å². The summed E-state index contributed by atoms with van der Waals surface area (Å²) in [7, 11) is 0. The average molecular weight is 409 g/mol. The highest BCUT2D eigenvalue weighted by atomic mass is 32.1. The third-order valence-electron chi connectivity index (χ3n) is 4.52. The maximum Gasteiger partial charge on any atom is 0.339 e. The number of rotatable bonds is 5. The van der Waals surface area contributed by atoms with E-state index in [1.807, 2.05) is 6.07 Å². The van der Waals surface area contributed by atoms with E-state index >= 15 is 0 Å². The largest absolute Gasteiger partial charge is 0.478 e. The summed E-state index contributed by atoms with van der Waals surface area (Å²) in [5.41, 5.74) is 2.48. The van der Waals surface area contributed by atoms with Gasteiger partial charge in [-0.3, -0.25) is 4.79 Å². The molecule has 0 fully saturated rings. The van der Waals surface area contributed by atoms with Crippen molar-refractivity contribution in [1.82, 2.24) is 0 Å². The topological polar surface area (TPSA) is 117 Å². The molecule has 4 rings (SSSR count). The van der Waals surface area contributed by atoms with Crippen LogP contribution >= 0.6 is 11.3 Å². The number of aryl methyl sites for hydroxylation is 1. The number of nitrogens with one attached hydrogen (secondary N) is 2. The molecule has 0 spiro atoms. The zero-order chi connectivity index (χ0) is 20.5. The van der Waals surface area contributed by atoms with Gasteiger partial charge in [0.15, 0.2) is 0 Å². The Bertz CT molecular complexity index is 1120. The highest BCUT2D eigenvalue weighted by Gasteiger charge is 2.30. The second kappa shape index (κ2) is 7.36. The number of anilines is 2. The highest BCUT2D eigenvalue weighted by molar-refractivity contribution is 7.15. The Morgan fingerprint density at radius 2 is 2.03 bits per heavy atom. The van der Waals surface area contributed by atoms with Gasteiger partial charge in [-0.25, -0.2) is 4.79 Å². The number of thiophene rings is 1. The summed E-state index contributed by atoms with van der Waals surface area (Å²) in [5, 5.41) is 20.1. The van der Waals surface area contributed by atoms with Crippen molar-refractivity contribution < 1.29 is 19.4 Å². The zero-order valence-electron chi connectivity index (χ0n) is 15.1. The molecule has 0 aliphatic carbocycles. The number of carboxylic acid groups (broad SMARTS) is 1. The number of aromatic carboxylic acids is 1. The molecule has 2 aromatic carbocycles. The molecule has 3 aromatic rings. The fourth-order valence-electron chi connectivity index (χ4n) is 3.03. The number of benzene rings is 2. The maximum atomic E-state index is 12.6. The number of nitrogens with zero attached hydrogens (tertiary/aromatic N) is 1. The third-order valence-corrected chi connectivity index (χ3v) is 5.41. The van der Waals surface area contributed by atoms with Gasteiger partial charge in [-0.1, -0.05) is 24.3 Å². The SMILES string of the molecule is Cc1ccc(-c2csc(NC(=O)C3Nc4ccccc4O3)c2C(=O)O)cc1N=O. The van der Waals surface area contributed by atoms with Crippen LogP contribution in [0.5, 0.6) is 5.75 Å². The minimum Gasteiger partial charge on any atom is -0.478 e. The van der Waals surface area contributed by atoms with Gasteiger partial charge in [-0.2, -0.15) is 0 Å². The van der Waals surface area contributed by atoms with E-state index in [2.05, 4.69) is 15.8 Å². The fourth-order valence-corrected chi connectivity index (χ4v) is 4.00. The quantitative estimate of drug-likeness (QED) is 0.531. The Balaban J connectivity index is 1.62. The molecule has 0 saturated carbocycles. The first kappa shape index (κ1) is 18.6. The number of para-hydroxylation sites is 2. The number of hydrogen-bond donors (Lipinski definition) is 3. The average Bonchev–Trinajstić information content (AvgIpc) is 3.32. The normalized spacial score (nSPS) is 14.4. The molecule has 1 aliphatic rings. The van der Waals surface area contributed by atoms with Crippen molar-refractivity contribution >= 4 is 39.6 Å². The molecule has 1 aliphatic heterocycles. The number of nitroso groups, excluding NO2 is 1. The summed E-state index contributed by atoms with van der Waals surface area (Å²) in [6, 6.07) is 12.1. The molecular weight excluding hydrogens is 394 g/mol. The van der Waals surface area contributed by atoms with Gasteiger partial charge in [0.1, 0.15) is 22.0 Å². The van der Waals surface area contributed by atoms with E-state index in [-0.39, 0.29) is 16.3 Å². The highest BCUT2D eigenvalue weighted by Crippen LogP contribution is 2.38. The number of ether oxygens (including phenoxy) is 1. The fraction of sp³-hybridized carbons (Fsp3) is 0.100. The minimum absolute atomic E-state index is 0.0560. The molecule has 8 nitrogen and oxygen atoms in total. The predicted octanol–water partition coefficient (Wildman–Crippen LogP) is 4.59. The van der Waals surface area contributed by atoms with E-state index in [0.29, 0.717) is 28.1 Å². The number of fused-ring (bicyclic) bond motifs is 1. The summed E-state index contributed by atoms with van der Waals surface area (Å²) in [5.74, 6) is -1.16. The van der Waals surface area contributed by atoms with E-state index in [0.717, 1.165) is 11.3 Å². The van der Waals surface area contributed by atoms with Crippen molar-refractivity contribution in [3.63, 3.8) is 0 Å². The standard InChI is InChI=1S/C20H15N3O5S/c1-10-6-7-11(8-14(10)23-27)12-9-29-19(16(12)20(25)26)22-17(24)18-21-13-4-2-3-5-15(13)28-18/h2-9,18,21H,1H3,(H,22,24)(H,25,26). The summed E-state index contributed by atoms with van der Waals surface area (Å²) >= 11 is 1.08. The van der Waals surface area contributed by atoms with Gasteiger partial charge in [-0.05, 0) is 41.4 Å². The molecule has 0 bridgehead atoms. The van der Waals surface area contributed by atoms with Gasteiger partial charge in [-0.15, -0.1) is 16.2 Å². The third kappa shape index (κ3) is 3.43. The van der Waals surface area contributed by atoms with E-state index in [9.17, 15) is 19.6 Å². The molecule has 0 radical (unpaired) electrons. The summed E-state index contributed by atoms with van der Waals surface area (Å²) in [4.78, 5) is 35.5.